The van der Waals surface area contributed by atoms with Crippen LogP contribution in [0.3, 0.4) is 0 Å². The summed E-state index contributed by atoms with van der Waals surface area (Å²) in [5, 5.41) is 0. The highest BCUT2D eigenvalue weighted by atomic mass is 16.5. The Morgan fingerprint density at radius 1 is 1.29 bits per heavy atom. The van der Waals surface area contributed by atoms with E-state index in [1.165, 1.54) is 0 Å². The number of methoxy groups -OCH3 is 1. The summed E-state index contributed by atoms with van der Waals surface area (Å²) in [6, 6.07) is 9.03. The van der Waals surface area contributed by atoms with E-state index in [1.807, 2.05) is 36.4 Å². The zero-order valence-corrected chi connectivity index (χ0v) is 9.59. The van der Waals surface area contributed by atoms with Gasteiger partial charge in [-0.2, -0.15) is 0 Å². The van der Waals surface area contributed by atoms with E-state index in [4.69, 9.17) is 4.74 Å². The minimum atomic E-state index is -0.220. The topological polar surface area (TPSA) is 38.7 Å². The fourth-order valence-electron chi connectivity index (χ4n) is 1.56. The lowest BCUT2D eigenvalue weighted by atomic mass is 10.1. The molecule has 1 amide bonds. The molecule has 0 radical (unpaired) electrons. The number of hydrogen-bond acceptors (Lipinski definition) is 2. The van der Waals surface area contributed by atoms with E-state index < -0.39 is 0 Å². The van der Waals surface area contributed by atoms with Crippen LogP contribution in [0.5, 0.6) is 0 Å². The van der Waals surface area contributed by atoms with Crippen molar-refractivity contribution in [2.45, 2.75) is 6.42 Å². The average Bonchev–Trinajstić information content (AvgIpc) is 2.40. The van der Waals surface area contributed by atoms with E-state index in [1.54, 1.807) is 19.2 Å². The number of amides is 1. The Hall–Kier alpha value is -2.16. The fraction of sp³-hybridized carbons (Fsp3) is 0.143. The van der Waals surface area contributed by atoms with Gasteiger partial charge in [0.15, 0.2) is 0 Å². The van der Waals surface area contributed by atoms with Crippen LogP contribution < -0.4 is 0 Å². The quantitative estimate of drug-likeness (QED) is 0.779. The molecule has 0 heterocycles. The van der Waals surface area contributed by atoms with Crippen molar-refractivity contribution in [1.82, 2.24) is 0 Å². The molecule has 3 heteroatoms. The molecule has 86 valence electrons. The second-order valence-corrected chi connectivity index (χ2v) is 3.65. The lowest BCUT2D eigenvalue weighted by Crippen LogP contribution is -2.06. The Labute approximate surface area is 100 Å². The van der Waals surface area contributed by atoms with E-state index >= 15 is 0 Å². The predicted octanol–water partition coefficient (Wildman–Crippen LogP) is 2.76. The number of rotatable bonds is 2. The van der Waals surface area contributed by atoms with Gasteiger partial charge in [0, 0.05) is 12.0 Å². The molecule has 0 aliphatic heterocycles. The van der Waals surface area contributed by atoms with Crippen molar-refractivity contribution >= 4 is 11.6 Å². The lowest BCUT2D eigenvalue weighted by molar-refractivity contribution is 0.100. The van der Waals surface area contributed by atoms with Gasteiger partial charge in [-0.05, 0) is 24.3 Å². The summed E-state index contributed by atoms with van der Waals surface area (Å²) in [6.07, 6.45) is 6.08. The van der Waals surface area contributed by atoms with E-state index in [0.717, 1.165) is 11.5 Å². The largest absolute Gasteiger partial charge is 0.501 e. The first-order chi connectivity index (χ1) is 8.29. The fourth-order valence-corrected chi connectivity index (χ4v) is 1.56. The van der Waals surface area contributed by atoms with Crippen LogP contribution in [-0.4, -0.2) is 18.7 Å². The summed E-state index contributed by atoms with van der Waals surface area (Å²) in [5.74, 6) is 0.592. The molecule has 1 aromatic carbocycles. The highest BCUT2D eigenvalue weighted by molar-refractivity contribution is 6.08. The van der Waals surface area contributed by atoms with Crippen LogP contribution in [0.4, 0.5) is 0 Å². The van der Waals surface area contributed by atoms with Crippen molar-refractivity contribution in [2.75, 3.05) is 7.11 Å². The van der Waals surface area contributed by atoms with Crippen LogP contribution in [0.15, 0.2) is 59.3 Å². The van der Waals surface area contributed by atoms with Gasteiger partial charge in [-0.3, -0.25) is 4.79 Å². The zero-order valence-electron chi connectivity index (χ0n) is 9.59. The second-order valence-electron chi connectivity index (χ2n) is 3.65. The third kappa shape index (κ3) is 2.91. The van der Waals surface area contributed by atoms with E-state index in [-0.39, 0.29) is 5.91 Å². The van der Waals surface area contributed by atoms with Gasteiger partial charge in [-0.1, -0.05) is 24.3 Å². The number of ether oxygens (including phenoxy) is 1. The Bertz CT molecular complexity index is 498. The number of benzene rings is 1. The number of carbonyl (C=O) groups is 1. The van der Waals surface area contributed by atoms with E-state index in [0.29, 0.717) is 12.0 Å². The van der Waals surface area contributed by atoms with Gasteiger partial charge in [0.05, 0.1) is 12.8 Å². The summed E-state index contributed by atoms with van der Waals surface area (Å²) in [6.45, 7) is 0. The van der Waals surface area contributed by atoms with Crippen molar-refractivity contribution in [1.29, 1.82) is 0 Å². The van der Waals surface area contributed by atoms with Crippen molar-refractivity contribution in [2.24, 2.45) is 4.99 Å². The SMILES string of the molecule is COC1=CC=CC(=NC(=O)c2ccccc2)C1. The minimum absolute atomic E-state index is 0.220. The van der Waals surface area contributed by atoms with Crippen molar-refractivity contribution in [3.05, 3.63) is 59.9 Å². The standard InChI is InChI=1S/C14H13NO2/c1-17-13-9-5-8-12(10-13)15-14(16)11-6-3-2-4-7-11/h2-9H,10H2,1H3. The third-order valence-corrected chi connectivity index (χ3v) is 2.45. The predicted molar refractivity (Wildman–Crippen MR) is 67.1 cm³/mol. The summed E-state index contributed by atoms with van der Waals surface area (Å²) < 4.78 is 5.13. The van der Waals surface area contributed by atoms with Crippen molar-refractivity contribution < 1.29 is 9.53 Å². The molecule has 1 aliphatic rings. The van der Waals surface area contributed by atoms with Gasteiger partial charge in [-0.15, -0.1) is 0 Å². The monoisotopic (exact) mass is 227 g/mol. The van der Waals surface area contributed by atoms with Crippen LogP contribution in [0, 0.1) is 0 Å². The van der Waals surface area contributed by atoms with Crippen LogP contribution >= 0.6 is 0 Å². The summed E-state index contributed by atoms with van der Waals surface area (Å²) in [5.41, 5.74) is 1.32. The second kappa shape index (κ2) is 5.25. The maximum atomic E-state index is 11.8. The Kier molecular flexibility index (Phi) is 3.50. The molecule has 0 fully saturated rings. The number of aliphatic imine (C=N–C) groups is 1. The summed E-state index contributed by atoms with van der Waals surface area (Å²) >= 11 is 0. The normalized spacial score (nSPS) is 16.8. The van der Waals surface area contributed by atoms with Crippen LogP contribution in [-0.2, 0) is 4.74 Å². The van der Waals surface area contributed by atoms with Gasteiger partial charge in [0.2, 0.25) is 0 Å². The molecule has 2 rings (SSSR count). The van der Waals surface area contributed by atoms with Crippen LogP contribution in [0.25, 0.3) is 0 Å². The molecule has 0 saturated heterocycles. The molecule has 0 N–H and O–H groups in total. The van der Waals surface area contributed by atoms with Gasteiger partial charge in [0.25, 0.3) is 5.91 Å². The smallest absolute Gasteiger partial charge is 0.277 e. The molecule has 0 bridgehead atoms. The van der Waals surface area contributed by atoms with Gasteiger partial charge >= 0.3 is 0 Å². The number of nitrogens with zero attached hydrogens (tertiary/aromatic N) is 1. The molecule has 0 spiro atoms. The zero-order chi connectivity index (χ0) is 12.1. The molecular formula is C14H13NO2. The molecule has 0 aromatic heterocycles. The highest BCUT2D eigenvalue weighted by Gasteiger charge is 2.09. The van der Waals surface area contributed by atoms with E-state index in [9.17, 15) is 4.79 Å². The molecule has 17 heavy (non-hydrogen) atoms. The number of carbonyl (C=O) groups excluding carboxylic acids is 1. The number of hydrogen-bond donors (Lipinski definition) is 0. The molecule has 0 atom stereocenters. The molecule has 0 saturated carbocycles. The summed E-state index contributed by atoms with van der Waals surface area (Å²) in [7, 11) is 1.61. The maximum absolute atomic E-state index is 11.8. The van der Waals surface area contributed by atoms with Crippen LogP contribution in [0.1, 0.15) is 16.8 Å². The Balaban J connectivity index is 2.14. The average molecular weight is 227 g/mol. The molecule has 0 unspecified atom stereocenters. The first-order valence-electron chi connectivity index (χ1n) is 5.38. The summed E-state index contributed by atoms with van der Waals surface area (Å²) in [4.78, 5) is 15.9. The number of allylic oxidation sites excluding steroid dienone is 4. The van der Waals surface area contributed by atoms with Gasteiger partial charge in [-0.25, -0.2) is 4.99 Å². The maximum Gasteiger partial charge on any atom is 0.277 e. The van der Waals surface area contributed by atoms with Crippen molar-refractivity contribution in [3.63, 3.8) is 0 Å². The minimum Gasteiger partial charge on any atom is -0.501 e. The first-order valence-corrected chi connectivity index (χ1v) is 5.38. The molecular weight excluding hydrogens is 214 g/mol. The first kappa shape index (κ1) is 11.3. The Morgan fingerprint density at radius 2 is 2.06 bits per heavy atom. The molecule has 1 aliphatic carbocycles. The van der Waals surface area contributed by atoms with Gasteiger partial charge < -0.3 is 4.74 Å². The van der Waals surface area contributed by atoms with Crippen LogP contribution in [0.2, 0.25) is 0 Å². The molecule has 3 nitrogen and oxygen atoms in total. The van der Waals surface area contributed by atoms with Gasteiger partial charge in [0.1, 0.15) is 5.76 Å². The Morgan fingerprint density at radius 3 is 2.76 bits per heavy atom. The van der Waals surface area contributed by atoms with E-state index in [2.05, 4.69) is 4.99 Å². The van der Waals surface area contributed by atoms with Crippen molar-refractivity contribution in [3.8, 4) is 0 Å². The third-order valence-electron chi connectivity index (χ3n) is 2.45. The lowest BCUT2D eigenvalue weighted by Gasteiger charge is -2.08. The highest BCUT2D eigenvalue weighted by Crippen LogP contribution is 2.11. The molecule has 1 aromatic rings.